The van der Waals surface area contributed by atoms with Gasteiger partial charge in [-0.05, 0) is 31.3 Å². The lowest BCUT2D eigenvalue weighted by molar-refractivity contribution is 0.581. The van der Waals surface area contributed by atoms with Crippen molar-refractivity contribution in [3.8, 4) is 0 Å². The van der Waals surface area contributed by atoms with E-state index in [4.69, 9.17) is 16.6 Å². The van der Waals surface area contributed by atoms with Crippen LogP contribution in [0.3, 0.4) is 0 Å². The number of alkyl halides is 1. The third kappa shape index (κ3) is 3.75. The first-order chi connectivity index (χ1) is 10.2. The monoisotopic (exact) mass is 328 g/mol. The minimum absolute atomic E-state index is 0.616. The van der Waals surface area contributed by atoms with E-state index in [1.54, 1.807) is 0 Å². The average molecular weight is 329 g/mol. The molecule has 0 amide bonds. The highest BCUT2D eigenvalue weighted by Gasteiger charge is 2.17. The minimum atomic E-state index is 0.616. The number of aromatic nitrogens is 4. The summed E-state index contributed by atoms with van der Waals surface area (Å²) in [6.07, 6.45) is 7.65. The summed E-state index contributed by atoms with van der Waals surface area (Å²) in [6, 6.07) is 0. The molecule has 118 valence electrons. The van der Waals surface area contributed by atoms with E-state index >= 15 is 0 Å². The smallest absolute Gasteiger partial charge is 0.158 e. The van der Waals surface area contributed by atoms with Gasteiger partial charge in [0.05, 0.1) is 5.69 Å². The zero-order valence-electron chi connectivity index (χ0n) is 13.2. The third-order valence-electron chi connectivity index (χ3n) is 3.75. The largest absolute Gasteiger partial charge is 0.313 e. The van der Waals surface area contributed by atoms with Crippen LogP contribution in [0.1, 0.15) is 37.7 Å². The van der Waals surface area contributed by atoms with E-state index in [2.05, 4.69) is 22.8 Å². The molecule has 2 rings (SSSR count). The Morgan fingerprint density at radius 1 is 1.24 bits per heavy atom. The molecule has 0 aromatic carbocycles. The zero-order valence-corrected chi connectivity index (χ0v) is 14.8. The van der Waals surface area contributed by atoms with E-state index in [1.165, 1.54) is 25.0 Å². The van der Waals surface area contributed by atoms with Crippen molar-refractivity contribution >= 4 is 34.5 Å². The Hall–Kier alpha value is -0.680. The van der Waals surface area contributed by atoms with Crippen LogP contribution in [0.25, 0.3) is 11.2 Å². The van der Waals surface area contributed by atoms with Gasteiger partial charge < -0.3 is 4.57 Å². The van der Waals surface area contributed by atoms with Crippen LogP contribution in [0.4, 0.5) is 0 Å². The number of rotatable bonds is 9. The molecule has 0 aliphatic rings. The van der Waals surface area contributed by atoms with Crippen molar-refractivity contribution in [1.29, 1.82) is 0 Å². The maximum absolute atomic E-state index is 5.94. The number of nitrogens with zero attached hydrogens (tertiary/aromatic N) is 4. The van der Waals surface area contributed by atoms with Crippen LogP contribution in [0, 0.1) is 0 Å². The van der Waals surface area contributed by atoms with Gasteiger partial charge in [0.25, 0.3) is 0 Å². The van der Waals surface area contributed by atoms with E-state index in [9.17, 15) is 0 Å². The van der Waals surface area contributed by atoms with Crippen molar-refractivity contribution in [1.82, 2.24) is 19.3 Å². The van der Waals surface area contributed by atoms with Crippen LogP contribution in [-0.4, -0.2) is 37.2 Å². The molecule has 0 saturated carbocycles. The van der Waals surface area contributed by atoms with Crippen molar-refractivity contribution in [2.75, 3.05) is 17.9 Å². The molecule has 0 saturated heterocycles. The van der Waals surface area contributed by atoms with E-state index in [1.807, 2.05) is 23.5 Å². The van der Waals surface area contributed by atoms with Crippen molar-refractivity contribution in [2.24, 2.45) is 7.05 Å². The molecule has 4 nitrogen and oxygen atoms in total. The normalized spacial score (nSPS) is 11.6. The van der Waals surface area contributed by atoms with Crippen LogP contribution in [0.5, 0.6) is 0 Å². The average Bonchev–Trinajstić information content (AvgIpc) is 2.98. The Balaban J connectivity index is 2.21. The predicted molar refractivity (Wildman–Crippen MR) is 92.5 cm³/mol. The summed E-state index contributed by atoms with van der Waals surface area (Å²) in [7, 11) is 2.01. The molecule has 0 unspecified atom stereocenters. The lowest BCUT2D eigenvalue weighted by Gasteiger charge is -2.09. The second kappa shape index (κ2) is 8.08. The molecule has 6 heteroatoms. The molecule has 0 bridgehead atoms. The Bertz CT molecular complexity index is 576. The molecule has 0 fully saturated rings. The SMILES string of the molecule is CCc1nn(C)c2c1nc(CCCl)n2CCCCCSC. The standard InChI is InChI=1S/C15H25ClN4S/c1-4-12-14-15(19(2)18-12)20(13(17-14)8-9-16)10-6-5-7-11-21-3/h4-11H2,1-3H3. The minimum Gasteiger partial charge on any atom is -0.313 e. The van der Waals surface area contributed by atoms with Gasteiger partial charge in [0, 0.05) is 25.9 Å². The van der Waals surface area contributed by atoms with E-state index in [-0.39, 0.29) is 0 Å². The predicted octanol–water partition coefficient (Wildman–Crippen LogP) is 3.65. The van der Waals surface area contributed by atoms with Gasteiger partial charge in [-0.1, -0.05) is 13.3 Å². The number of hydrogen-bond donors (Lipinski definition) is 0. The summed E-state index contributed by atoms with van der Waals surface area (Å²) >= 11 is 7.86. The molecule has 0 spiro atoms. The van der Waals surface area contributed by atoms with Crippen molar-refractivity contribution in [3.05, 3.63) is 11.5 Å². The van der Waals surface area contributed by atoms with E-state index in [0.29, 0.717) is 5.88 Å². The van der Waals surface area contributed by atoms with E-state index < -0.39 is 0 Å². The van der Waals surface area contributed by atoms with Gasteiger partial charge in [0.2, 0.25) is 0 Å². The number of hydrogen-bond acceptors (Lipinski definition) is 3. The maximum Gasteiger partial charge on any atom is 0.158 e. The summed E-state index contributed by atoms with van der Waals surface area (Å²) in [5.41, 5.74) is 3.30. The first kappa shape index (κ1) is 16.7. The fraction of sp³-hybridized carbons (Fsp3) is 0.733. The van der Waals surface area contributed by atoms with Crippen molar-refractivity contribution < 1.29 is 0 Å². The molecular weight excluding hydrogens is 304 g/mol. The Kier molecular flexibility index (Phi) is 6.42. The van der Waals surface area contributed by atoms with Crippen molar-refractivity contribution in [3.63, 3.8) is 0 Å². The number of halogens is 1. The van der Waals surface area contributed by atoms with Crippen LogP contribution in [0.15, 0.2) is 0 Å². The zero-order chi connectivity index (χ0) is 15.2. The van der Waals surface area contributed by atoms with Gasteiger partial charge in [0.1, 0.15) is 11.3 Å². The van der Waals surface area contributed by atoms with Gasteiger partial charge >= 0.3 is 0 Å². The van der Waals surface area contributed by atoms with Crippen LogP contribution < -0.4 is 0 Å². The molecule has 21 heavy (non-hydrogen) atoms. The Morgan fingerprint density at radius 2 is 2.05 bits per heavy atom. The number of imidazole rings is 1. The topological polar surface area (TPSA) is 35.6 Å². The van der Waals surface area contributed by atoms with Gasteiger partial charge in [-0.15, -0.1) is 11.6 Å². The number of aryl methyl sites for hydroxylation is 4. The molecule has 0 aliphatic heterocycles. The molecule has 0 atom stereocenters. The van der Waals surface area contributed by atoms with Crippen LogP contribution in [0.2, 0.25) is 0 Å². The molecular formula is C15H25ClN4S. The second-order valence-electron chi connectivity index (χ2n) is 5.27. The molecule has 2 aromatic heterocycles. The van der Waals surface area contributed by atoms with Crippen LogP contribution >= 0.6 is 23.4 Å². The van der Waals surface area contributed by atoms with Gasteiger partial charge in [-0.25, -0.2) is 4.98 Å². The Morgan fingerprint density at radius 3 is 2.71 bits per heavy atom. The fourth-order valence-electron chi connectivity index (χ4n) is 2.73. The molecule has 2 aromatic rings. The first-order valence-corrected chi connectivity index (χ1v) is 9.61. The molecule has 0 radical (unpaired) electrons. The summed E-state index contributed by atoms with van der Waals surface area (Å²) in [5.74, 6) is 2.97. The number of fused-ring (bicyclic) bond motifs is 1. The summed E-state index contributed by atoms with van der Waals surface area (Å²) in [4.78, 5) is 4.80. The third-order valence-corrected chi connectivity index (χ3v) is 4.64. The second-order valence-corrected chi connectivity index (χ2v) is 6.63. The van der Waals surface area contributed by atoms with Gasteiger partial charge in [-0.2, -0.15) is 16.9 Å². The van der Waals surface area contributed by atoms with E-state index in [0.717, 1.165) is 42.1 Å². The maximum atomic E-state index is 5.94. The molecule has 2 heterocycles. The number of unbranched alkanes of at least 4 members (excludes halogenated alkanes) is 2. The summed E-state index contributed by atoms with van der Waals surface area (Å²) in [5, 5.41) is 4.58. The first-order valence-electron chi connectivity index (χ1n) is 7.68. The Labute approximate surface area is 136 Å². The quantitative estimate of drug-likeness (QED) is 0.520. The fourth-order valence-corrected chi connectivity index (χ4v) is 3.39. The van der Waals surface area contributed by atoms with Crippen LogP contribution in [-0.2, 0) is 26.4 Å². The summed E-state index contributed by atoms with van der Waals surface area (Å²) in [6.45, 7) is 3.14. The van der Waals surface area contributed by atoms with Crippen molar-refractivity contribution in [2.45, 2.75) is 45.6 Å². The molecule has 0 aliphatic carbocycles. The van der Waals surface area contributed by atoms with Gasteiger partial charge in [-0.3, -0.25) is 4.68 Å². The number of thioether (sulfide) groups is 1. The highest BCUT2D eigenvalue weighted by molar-refractivity contribution is 7.98. The lowest BCUT2D eigenvalue weighted by Crippen LogP contribution is -2.08. The highest BCUT2D eigenvalue weighted by atomic mass is 35.5. The summed E-state index contributed by atoms with van der Waals surface area (Å²) < 4.78 is 4.30. The van der Waals surface area contributed by atoms with Gasteiger partial charge in [0.15, 0.2) is 5.65 Å². The lowest BCUT2D eigenvalue weighted by atomic mass is 10.2. The molecule has 0 N–H and O–H groups in total. The highest BCUT2D eigenvalue weighted by Crippen LogP contribution is 2.21.